The van der Waals surface area contributed by atoms with Gasteiger partial charge in [-0.3, -0.25) is 14.3 Å². The number of aliphatic carboxylic acids is 1. The molecular weight excluding hydrogens is 226 g/mol. The van der Waals surface area contributed by atoms with Crippen LogP contribution in [0.15, 0.2) is 6.33 Å². The van der Waals surface area contributed by atoms with Gasteiger partial charge in [-0.2, -0.15) is 5.10 Å². The minimum Gasteiger partial charge on any atom is -0.481 e. The molecule has 1 aromatic heterocycles. The van der Waals surface area contributed by atoms with Gasteiger partial charge in [0.15, 0.2) is 5.82 Å². The Labute approximate surface area is 97.8 Å². The van der Waals surface area contributed by atoms with Crippen molar-refractivity contribution in [2.75, 3.05) is 6.54 Å². The Morgan fingerprint density at radius 3 is 2.88 bits per heavy atom. The monoisotopic (exact) mass is 241 g/mol. The number of carboxylic acids is 1. The van der Waals surface area contributed by atoms with Crippen molar-refractivity contribution in [3.63, 3.8) is 0 Å². The van der Waals surface area contributed by atoms with Gasteiger partial charge in [0.05, 0.1) is 12.5 Å². The number of aryl methyl sites for hydroxylation is 1. The Bertz CT molecular complexity index is 403. The Hall–Kier alpha value is -1.96. The molecular formula is C9H15N5O3. The van der Waals surface area contributed by atoms with Crippen LogP contribution in [0.25, 0.3) is 0 Å². The lowest BCUT2D eigenvalue weighted by Crippen LogP contribution is -2.42. The number of carbonyl (C=O) groups excluding carboxylic acids is 1. The van der Waals surface area contributed by atoms with Crippen LogP contribution in [0.3, 0.4) is 0 Å². The largest absolute Gasteiger partial charge is 0.481 e. The number of hydrogen-bond donors (Lipinski definition) is 3. The van der Waals surface area contributed by atoms with Gasteiger partial charge in [-0.25, -0.2) is 4.98 Å². The first kappa shape index (κ1) is 13.1. The number of rotatable bonds is 6. The van der Waals surface area contributed by atoms with Crippen LogP contribution in [-0.4, -0.2) is 44.3 Å². The van der Waals surface area contributed by atoms with Crippen molar-refractivity contribution in [3.8, 4) is 0 Å². The summed E-state index contributed by atoms with van der Waals surface area (Å²) in [5, 5.41) is 15.0. The molecule has 1 unspecified atom stereocenters. The van der Waals surface area contributed by atoms with Gasteiger partial charge in [0.25, 0.3) is 0 Å². The fourth-order valence-electron chi connectivity index (χ4n) is 1.21. The Morgan fingerprint density at radius 2 is 2.35 bits per heavy atom. The van der Waals surface area contributed by atoms with Crippen molar-refractivity contribution in [3.05, 3.63) is 12.2 Å². The number of carboxylic acid groups (broad SMARTS) is 1. The van der Waals surface area contributed by atoms with E-state index in [-0.39, 0.29) is 6.42 Å². The Balaban J connectivity index is 2.26. The maximum absolute atomic E-state index is 11.3. The summed E-state index contributed by atoms with van der Waals surface area (Å²) in [6.07, 6.45) is 1.66. The van der Waals surface area contributed by atoms with Gasteiger partial charge in [-0.1, -0.05) is 0 Å². The molecule has 8 nitrogen and oxygen atoms in total. The van der Waals surface area contributed by atoms with Gasteiger partial charge in [0.2, 0.25) is 5.91 Å². The molecule has 0 aromatic carbocycles. The maximum atomic E-state index is 11.3. The van der Waals surface area contributed by atoms with Crippen molar-refractivity contribution in [1.82, 2.24) is 20.1 Å². The standard InChI is InChI=1S/C9H15N5O3/c1-14-5-12-7(13-14)2-3-11-9(17)6(10)4-8(15)16/h5-6H,2-4,10H2,1H3,(H,11,17)(H,15,16). The molecule has 0 aliphatic heterocycles. The minimum absolute atomic E-state index is 0.330. The normalized spacial score (nSPS) is 12.1. The molecule has 0 saturated carbocycles. The summed E-state index contributed by atoms with van der Waals surface area (Å²) in [6.45, 7) is 0.330. The number of hydrogen-bond acceptors (Lipinski definition) is 5. The van der Waals surface area contributed by atoms with E-state index in [4.69, 9.17) is 10.8 Å². The molecule has 4 N–H and O–H groups in total. The van der Waals surface area contributed by atoms with Crippen molar-refractivity contribution < 1.29 is 14.7 Å². The summed E-state index contributed by atoms with van der Waals surface area (Å²) in [7, 11) is 1.75. The van der Waals surface area contributed by atoms with E-state index in [2.05, 4.69) is 15.4 Å². The van der Waals surface area contributed by atoms with Crippen molar-refractivity contribution in [1.29, 1.82) is 0 Å². The van der Waals surface area contributed by atoms with E-state index in [9.17, 15) is 9.59 Å². The van der Waals surface area contributed by atoms with Crippen LogP contribution in [0, 0.1) is 0 Å². The van der Waals surface area contributed by atoms with Gasteiger partial charge >= 0.3 is 5.97 Å². The molecule has 0 bridgehead atoms. The lowest BCUT2D eigenvalue weighted by molar-refractivity contribution is -0.139. The first-order valence-electron chi connectivity index (χ1n) is 5.08. The van der Waals surface area contributed by atoms with Gasteiger partial charge in [0, 0.05) is 20.0 Å². The molecule has 8 heteroatoms. The molecule has 0 fully saturated rings. The third-order valence-corrected chi connectivity index (χ3v) is 2.03. The number of nitrogens with one attached hydrogen (secondary N) is 1. The highest BCUT2D eigenvalue weighted by Gasteiger charge is 2.16. The fraction of sp³-hybridized carbons (Fsp3) is 0.556. The summed E-state index contributed by atoms with van der Waals surface area (Å²) >= 11 is 0. The summed E-state index contributed by atoms with van der Waals surface area (Å²) in [5.74, 6) is -0.970. The zero-order valence-corrected chi connectivity index (χ0v) is 9.46. The molecule has 1 atom stereocenters. The lowest BCUT2D eigenvalue weighted by Gasteiger charge is -2.08. The second kappa shape index (κ2) is 5.94. The first-order chi connectivity index (χ1) is 7.99. The minimum atomic E-state index is -1.10. The second-order valence-corrected chi connectivity index (χ2v) is 3.58. The van der Waals surface area contributed by atoms with E-state index >= 15 is 0 Å². The van der Waals surface area contributed by atoms with Crippen molar-refractivity contribution >= 4 is 11.9 Å². The van der Waals surface area contributed by atoms with Crippen LogP contribution < -0.4 is 11.1 Å². The van der Waals surface area contributed by atoms with Gasteiger partial charge in [-0.05, 0) is 0 Å². The van der Waals surface area contributed by atoms with Crippen LogP contribution >= 0.6 is 0 Å². The molecule has 1 amide bonds. The molecule has 94 valence electrons. The van der Waals surface area contributed by atoms with Crippen molar-refractivity contribution in [2.24, 2.45) is 12.8 Å². The summed E-state index contributed by atoms with van der Waals surface area (Å²) in [4.78, 5) is 25.6. The molecule has 1 heterocycles. The third kappa shape index (κ3) is 4.60. The average molecular weight is 241 g/mol. The van der Waals surface area contributed by atoms with Crippen LogP contribution in [-0.2, 0) is 23.1 Å². The highest BCUT2D eigenvalue weighted by molar-refractivity contribution is 5.85. The van der Waals surface area contributed by atoms with Gasteiger partial charge in [0.1, 0.15) is 6.33 Å². The zero-order valence-electron chi connectivity index (χ0n) is 9.46. The van der Waals surface area contributed by atoms with E-state index in [0.717, 1.165) is 0 Å². The predicted octanol–water partition coefficient (Wildman–Crippen LogP) is -1.72. The van der Waals surface area contributed by atoms with Gasteiger partial charge in [-0.15, -0.1) is 0 Å². The van der Waals surface area contributed by atoms with E-state index in [1.807, 2.05) is 0 Å². The number of aromatic nitrogens is 3. The first-order valence-corrected chi connectivity index (χ1v) is 5.08. The fourth-order valence-corrected chi connectivity index (χ4v) is 1.21. The van der Waals surface area contributed by atoms with E-state index < -0.39 is 17.9 Å². The van der Waals surface area contributed by atoms with E-state index in [0.29, 0.717) is 18.8 Å². The number of amides is 1. The molecule has 1 aromatic rings. The Morgan fingerprint density at radius 1 is 1.65 bits per heavy atom. The molecule has 0 aliphatic carbocycles. The highest BCUT2D eigenvalue weighted by Crippen LogP contribution is 1.91. The quantitative estimate of drug-likeness (QED) is 0.544. The van der Waals surface area contributed by atoms with Gasteiger partial charge < -0.3 is 16.2 Å². The van der Waals surface area contributed by atoms with Crippen LogP contribution in [0.4, 0.5) is 0 Å². The molecule has 0 aliphatic rings. The average Bonchev–Trinajstić information content (AvgIpc) is 2.63. The molecule has 0 saturated heterocycles. The second-order valence-electron chi connectivity index (χ2n) is 3.58. The molecule has 0 radical (unpaired) electrons. The smallest absolute Gasteiger partial charge is 0.305 e. The van der Waals surface area contributed by atoms with Crippen LogP contribution in [0.5, 0.6) is 0 Å². The van der Waals surface area contributed by atoms with Crippen LogP contribution in [0.2, 0.25) is 0 Å². The highest BCUT2D eigenvalue weighted by atomic mass is 16.4. The molecule has 0 spiro atoms. The predicted molar refractivity (Wildman–Crippen MR) is 57.9 cm³/mol. The molecule has 17 heavy (non-hydrogen) atoms. The summed E-state index contributed by atoms with van der Waals surface area (Å²) in [5.41, 5.74) is 5.37. The topological polar surface area (TPSA) is 123 Å². The molecule has 1 rings (SSSR count). The van der Waals surface area contributed by atoms with E-state index in [1.54, 1.807) is 18.1 Å². The van der Waals surface area contributed by atoms with Crippen LogP contribution in [0.1, 0.15) is 12.2 Å². The maximum Gasteiger partial charge on any atom is 0.305 e. The summed E-state index contributed by atoms with van der Waals surface area (Å²) in [6, 6.07) is -1.02. The zero-order chi connectivity index (χ0) is 12.8. The number of carbonyl (C=O) groups is 2. The number of nitrogens with two attached hydrogens (primary N) is 1. The number of nitrogens with zero attached hydrogens (tertiary/aromatic N) is 3. The van der Waals surface area contributed by atoms with Crippen molar-refractivity contribution in [2.45, 2.75) is 18.9 Å². The summed E-state index contributed by atoms with van der Waals surface area (Å²) < 4.78 is 1.56. The SMILES string of the molecule is Cn1cnc(CCNC(=O)C(N)CC(=O)O)n1. The Kier molecular flexibility index (Phi) is 4.58. The third-order valence-electron chi connectivity index (χ3n) is 2.03. The van der Waals surface area contributed by atoms with E-state index in [1.165, 1.54) is 0 Å². The lowest BCUT2D eigenvalue weighted by atomic mass is 10.2.